The fourth-order valence-electron chi connectivity index (χ4n) is 3.77. The number of nitrogens with one attached hydrogen (secondary N) is 2. The normalized spacial score (nSPS) is 11.0. The first kappa shape index (κ1) is 18.9. The number of hydrogen-bond donors (Lipinski definition) is 2. The van der Waals surface area contributed by atoms with Crippen LogP contribution < -0.4 is 5.32 Å². The molecule has 4 heterocycles. The number of benzene rings is 1. The number of furan rings is 1. The van der Waals surface area contributed by atoms with Crippen LogP contribution in [0.15, 0.2) is 58.6 Å². The summed E-state index contributed by atoms with van der Waals surface area (Å²) in [6, 6.07) is 13.8. The van der Waals surface area contributed by atoms with E-state index in [0.717, 1.165) is 27.9 Å². The number of para-hydroxylation sites is 1. The zero-order valence-corrected chi connectivity index (χ0v) is 17.6. The van der Waals surface area contributed by atoms with Gasteiger partial charge in [-0.15, -0.1) is 11.3 Å². The number of fused-ring (bicyclic) bond motifs is 1. The quantitative estimate of drug-likeness (QED) is 0.400. The van der Waals surface area contributed by atoms with E-state index in [4.69, 9.17) is 4.42 Å². The van der Waals surface area contributed by atoms with E-state index >= 15 is 0 Å². The number of nitrogens with zero attached hydrogens (tertiary/aromatic N) is 3. The van der Waals surface area contributed by atoms with Crippen LogP contribution in [0.3, 0.4) is 0 Å². The monoisotopic (exact) mass is 427 g/mol. The number of thiazole rings is 1. The second-order valence-electron chi connectivity index (χ2n) is 7.08. The number of carbonyl (C=O) groups excluding carboxylic acids is 1. The third kappa shape index (κ3) is 3.12. The first-order valence-electron chi connectivity index (χ1n) is 9.58. The van der Waals surface area contributed by atoms with Crippen LogP contribution in [0.2, 0.25) is 0 Å². The van der Waals surface area contributed by atoms with Gasteiger partial charge >= 0.3 is 0 Å². The minimum absolute atomic E-state index is 0.190. The maximum absolute atomic E-state index is 13.0. The van der Waals surface area contributed by atoms with Gasteiger partial charge in [0.15, 0.2) is 5.13 Å². The SMILES string of the molecule is Cc1[nH]c2ccccc2c1-c1csc(NC(=O)c2c(C)oc(-n3cccc3)c2C#N)n1. The van der Waals surface area contributed by atoms with Gasteiger partial charge in [0, 0.05) is 39.9 Å². The van der Waals surface area contributed by atoms with E-state index < -0.39 is 5.91 Å². The maximum Gasteiger partial charge on any atom is 0.262 e. The van der Waals surface area contributed by atoms with Crippen LogP contribution in [0.4, 0.5) is 5.13 Å². The summed E-state index contributed by atoms with van der Waals surface area (Å²) in [5, 5.41) is 15.9. The van der Waals surface area contributed by atoms with E-state index in [-0.39, 0.29) is 11.1 Å². The molecule has 0 unspecified atom stereocenters. The number of anilines is 1. The molecule has 0 radical (unpaired) electrons. The summed E-state index contributed by atoms with van der Waals surface area (Å²) in [7, 11) is 0. The molecule has 8 heteroatoms. The van der Waals surface area contributed by atoms with Gasteiger partial charge in [-0.25, -0.2) is 4.98 Å². The third-order valence-corrected chi connectivity index (χ3v) is 5.88. The molecule has 2 N–H and O–H groups in total. The lowest BCUT2D eigenvalue weighted by molar-refractivity contribution is 0.102. The Balaban J connectivity index is 1.47. The average molecular weight is 427 g/mol. The Kier molecular flexibility index (Phi) is 4.46. The van der Waals surface area contributed by atoms with Crippen molar-refractivity contribution in [2.24, 2.45) is 0 Å². The van der Waals surface area contributed by atoms with E-state index in [1.165, 1.54) is 11.3 Å². The molecule has 31 heavy (non-hydrogen) atoms. The number of amides is 1. The van der Waals surface area contributed by atoms with Gasteiger partial charge in [0.1, 0.15) is 23.0 Å². The minimum Gasteiger partial charge on any atom is -0.443 e. The fourth-order valence-corrected chi connectivity index (χ4v) is 4.47. The Hall–Kier alpha value is -4.09. The van der Waals surface area contributed by atoms with Crippen molar-refractivity contribution in [3.8, 4) is 23.2 Å². The number of aromatic nitrogens is 3. The summed E-state index contributed by atoms with van der Waals surface area (Å²) in [5.74, 6) is 0.277. The van der Waals surface area contributed by atoms with Crippen LogP contribution in [0.1, 0.15) is 27.4 Å². The van der Waals surface area contributed by atoms with Crippen molar-refractivity contribution in [3.63, 3.8) is 0 Å². The molecule has 0 aliphatic rings. The van der Waals surface area contributed by atoms with Gasteiger partial charge in [-0.05, 0) is 32.0 Å². The highest BCUT2D eigenvalue weighted by molar-refractivity contribution is 7.14. The first-order chi connectivity index (χ1) is 15.1. The summed E-state index contributed by atoms with van der Waals surface area (Å²) in [4.78, 5) is 21.0. The molecular weight excluding hydrogens is 410 g/mol. The molecule has 4 aromatic heterocycles. The number of carbonyl (C=O) groups is 1. The molecule has 5 aromatic rings. The van der Waals surface area contributed by atoms with Gasteiger partial charge in [-0.2, -0.15) is 5.26 Å². The molecule has 1 amide bonds. The number of aromatic amines is 1. The molecule has 7 nitrogen and oxygen atoms in total. The molecule has 5 rings (SSSR count). The van der Waals surface area contributed by atoms with Gasteiger partial charge < -0.3 is 9.40 Å². The molecule has 0 saturated carbocycles. The highest BCUT2D eigenvalue weighted by Gasteiger charge is 2.25. The Morgan fingerprint density at radius 1 is 1.23 bits per heavy atom. The van der Waals surface area contributed by atoms with Crippen molar-refractivity contribution in [3.05, 3.63) is 76.8 Å². The smallest absolute Gasteiger partial charge is 0.262 e. The van der Waals surface area contributed by atoms with Crippen LogP contribution in [0, 0.1) is 25.2 Å². The molecular formula is C23H17N5O2S. The Bertz CT molecular complexity index is 1460. The van der Waals surface area contributed by atoms with Crippen LogP contribution >= 0.6 is 11.3 Å². The molecule has 1 aromatic carbocycles. The van der Waals surface area contributed by atoms with Crippen molar-refractivity contribution in [1.82, 2.24) is 14.5 Å². The zero-order valence-electron chi connectivity index (χ0n) is 16.8. The van der Waals surface area contributed by atoms with Crippen molar-refractivity contribution >= 4 is 33.3 Å². The van der Waals surface area contributed by atoms with E-state index in [9.17, 15) is 10.1 Å². The third-order valence-electron chi connectivity index (χ3n) is 5.12. The van der Waals surface area contributed by atoms with Gasteiger partial charge in [0.05, 0.1) is 5.69 Å². The summed E-state index contributed by atoms with van der Waals surface area (Å²) < 4.78 is 7.40. The number of H-pyrrole nitrogens is 1. The first-order valence-corrected chi connectivity index (χ1v) is 10.5. The number of rotatable bonds is 4. The Morgan fingerprint density at radius 2 is 2.00 bits per heavy atom. The molecule has 0 aliphatic heterocycles. The second kappa shape index (κ2) is 7.31. The lowest BCUT2D eigenvalue weighted by atomic mass is 10.1. The molecule has 152 valence electrons. The number of nitriles is 1. The summed E-state index contributed by atoms with van der Waals surface area (Å²) in [5.41, 5.74) is 4.26. The Labute approximate surface area is 181 Å². The highest BCUT2D eigenvalue weighted by Crippen LogP contribution is 2.34. The molecule has 0 fully saturated rings. The topological polar surface area (TPSA) is 99.6 Å². The fraction of sp³-hybridized carbons (Fsp3) is 0.0870. The van der Waals surface area contributed by atoms with E-state index in [1.807, 2.05) is 48.7 Å². The summed E-state index contributed by atoms with van der Waals surface area (Å²) >= 11 is 1.34. The largest absolute Gasteiger partial charge is 0.443 e. The molecule has 0 bridgehead atoms. The van der Waals surface area contributed by atoms with Crippen LogP contribution in [0.25, 0.3) is 28.0 Å². The number of aryl methyl sites for hydroxylation is 2. The predicted octanol–water partition coefficient (Wildman–Crippen LogP) is 5.42. The van der Waals surface area contributed by atoms with Crippen molar-refractivity contribution in [2.45, 2.75) is 13.8 Å². The zero-order chi connectivity index (χ0) is 21.5. The highest BCUT2D eigenvalue weighted by atomic mass is 32.1. The number of hydrogen-bond acceptors (Lipinski definition) is 5. The standard InChI is InChI=1S/C23H17N5O2S/c1-13-19(15-7-3-4-8-17(15)25-13)18-12-31-23(26-18)27-21(29)20-14(2)30-22(16(20)11-24)28-9-5-6-10-28/h3-10,12,25H,1-2H3,(H,26,27,29). The van der Waals surface area contributed by atoms with Crippen LogP contribution in [0.5, 0.6) is 0 Å². The molecule has 0 spiro atoms. The molecule has 0 aliphatic carbocycles. The van der Waals surface area contributed by atoms with Crippen LogP contribution in [-0.2, 0) is 0 Å². The lowest BCUT2D eigenvalue weighted by Crippen LogP contribution is -2.13. The van der Waals surface area contributed by atoms with Gasteiger partial charge in [0.2, 0.25) is 5.88 Å². The summed E-state index contributed by atoms with van der Waals surface area (Å²) in [6.45, 7) is 3.68. The second-order valence-corrected chi connectivity index (χ2v) is 7.94. The average Bonchev–Trinajstić information content (AvgIpc) is 3.52. The van der Waals surface area contributed by atoms with Gasteiger partial charge in [-0.1, -0.05) is 18.2 Å². The van der Waals surface area contributed by atoms with E-state index in [0.29, 0.717) is 16.8 Å². The summed E-state index contributed by atoms with van der Waals surface area (Å²) in [6.07, 6.45) is 3.52. The van der Waals surface area contributed by atoms with Crippen molar-refractivity contribution < 1.29 is 9.21 Å². The minimum atomic E-state index is -0.423. The lowest BCUT2D eigenvalue weighted by Gasteiger charge is -2.01. The van der Waals surface area contributed by atoms with Gasteiger partial charge in [-0.3, -0.25) is 14.7 Å². The molecule has 0 atom stereocenters. The van der Waals surface area contributed by atoms with Gasteiger partial charge in [0.25, 0.3) is 5.91 Å². The maximum atomic E-state index is 13.0. The van der Waals surface area contributed by atoms with E-state index in [2.05, 4.69) is 21.4 Å². The molecule has 0 saturated heterocycles. The van der Waals surface area contributed by atoms with Crippen LogP contribution in [-0.4, -0.2) is 20.4 Å². The Morgan fingerprint density at radius 3 is 2.77 bits per heavy atom. The van der Waals surface area contributed by atoms with Crippen molar-refractivity contribution in [1.29, 1.82) is 5.26 Å². The van der Waals surface area contributed by atoms with Crippen molar-refractivity contribution in [2.75, 3.05) is 5.32 Å². The van der Waals surface area contributed by atoms with E-state index in [1.54, 1.807) is 23.9 Å². The predicted molar refractivity (Wildman–Crippen MR) is 120 cm³/mol.